The first kappa shape index (κ1) is 14.3. The van der Waals surface area contributed by atoms with Gasteiger partial charge in [-0.05, 0) is 12.0 Å². The summed E-state index contributed by atoms with van der Waals surface area (Å²) in [6.45, 7) is 1.97. The molecule has 2 nitrogen and oxygen atoms in total. The molecule has 0 saturated heterocycles. The molecule has 0 atom stereocenters. The number of nitrogens with one attached hydrogen (secondary N) is 1. The van der Waals surface area contributed by atoms with Crippen molar-refractivity contribution in [1.82, 2.24) is 5.32 Å². The van der Waals surface area contributed by atoms with Gasteiger partial charge in [-0.3, -0.25) is 4.79 Å². The van der Waals surface area contributed by atoms with Crippen molar-refractivity contribution in [3.8, 4) is 0 Å². The van der Waals surface area contributed by atoms with Crippen LogP contribution in [0.15, 0.2) is 30.3 Å². The van der Waals surface area contributed by atoms with Crippen molar-refractivity contribution < 1.29 is 4.79 Å². The summed E-state index contributed by atoms with van der Waals surface area (Å²) in [6, 6.07) is 9.61. The lowest BCUT2D eigenvalue weighted by Crippen LogP contribution is -2.51. The fourth-order valence-corrected chi connectivity index (χ4v) is 2.30. The lowest BCUT2D eigenvalue weighted by Gasteiger charge is -2.29. The molecule has 1 N–H and O–H groups in total. The highest BCUT2D eigenvalue weighted by Gasteiger charge is 2.27. The lowest BCUT2D eigenvalue weighted by molar-refractivity contribution is -0.122. The minimum Gasteiger partial charge on any atom is -0.348 e. The molecule has 0 saturated carbocycles. The van der Waals surface area contributed by atoms with Crippen LogP contribution < -0.4 is 5.32 Å². The molecule has 1 amide bonds. The van der Waals surface area contributed by atoms with E-state index in [2.05, 4.69) is 5.32 Å². The van der Waals surface area contributed by atoms with E-state index in [-0.39, 0.29) is 5.91 Å². The molecule has 4 heteroatoms. The van der Waals surface area contributed by atoms with Gasteiger partial charge in [-0.1, -0.05) is 37.3 Å². The number of rotatable bonds is 6. The van der Waals surface area contributed by atoms with Crippen molar-refractivity contribution in [3.05, 3.63) is 35.9 Å². The predicted octanol–water partition coefficient (Wildman–Crippen LogP) is 2.97. The Morgan fingerprint density at radius 1 is 1.24 bits per heavy atom. The van der Waals surface area contributed by atoms with Gasteiger partial charge < -0.3 is 5.32 Å². The first-order valence-corrected chi connectivity index (χ1v) is 6.69. The number of carbonyl (C=O) groups is 1. The van der Waals surface area contributed by atoms with Gasteiger partial charge in [-0.15, -0.1) is 23.2 Å². The Morgan fingerprint density at radius 2 is 1.82 bits per heavy atom. The third-order valence-corrected chi connectivity index (χ3v) is 3.82. The van der Waals surface area contributed by atoms with E-state index in [0.717, 1.165) is 12.0 Å². The Labute approximate surface area is 112 Å². The second kappa shape index (κ2) is 6.87. The zero-order valence-corrected chi connectivity index (χ0v) is 11.4. The summed E-state index contributed by atoms with van der Waals surface area (Å²) in [5.41, 5.74) is 0.494. The van der Waals surface area contributed by atoms with Crippen molar-refractivity contribution in [2.75, 3.05) is 11.8 Å². The van der Waals surface area contributed by atoms with Crippen molar-refractivity contribution in [3.63, 3.8) is 0 Å². The van der Waals surface area contributed by atoms with E-state index in [0.29, 0.717) is 18.2 Å². The van der Waals surface area contributed by atoms with Crippen LogP contribution in [0.3, 0.4) is 0 Å². The fraction of sp³-hybridized carbons (Fsp3) is 0.462. The van der Waals surface area contributed by atoms with Crippen LogP contribution in [0.5, 0.6) is 0 Å². The van der Waals surface area contributed by atoms with E-state index in [1.165, 1.54) is 0 Å². The van der Waals surface area contributed by atoms with Crippen LogP contribution in [-0.4, -0.2) is 23.2 Å². The van der Waals surface area contributed by atoms with Crippen LogP contribution in [0, 0.1) is 0 Å². The number of amides is 1. The van der Waals surface area contributed by atoms with Crippen LogP contribution in [0.1, 0.15) is 18.9 Å². The monoisotopic (exact) mass is 273 g/mol. The number of hydrogen-bond acceptors (Lipinski definition) is 1. The highest BCUT2D eigenvalue weighted by atomic mass is 35.5. The molecule has 0 radical (unpaired) electrons. The molecule has 1 aromatic carbocycles. The molecule has 0 aliphatic heterocycles. The lowest BCUT2D eigenvalue weighted by atomic mass is 10.0. The Morgan fingerprint density at radius 3 is 2.29 bits per heavy atom. The van der Waals surface area contributed by atoms with Crippen molar-refractivity contribution in [2.24, 2.45) is 0 Å². The summed E-state index contributed by atoms with van der Waals surface area (Å²) in [5, 5.41) is 2.93. The standard InChI is InChI=1S/C13H17Cl2NO/c1-2-13(9-14,10-15)16-12(17)8-11-6-4-3-5-7-11/h3-7H,2,8-10H2,1H3,(H,16,17). The van der Waals surface area contributed by atoms with Gasteiger partial charge >= 0.3 is 0 Å². The fourth-order valence-electron chi connectivity index (χ4n) is 1.50. The summed E-state index contributed by atoms with van der Waals surface area (Å²) >= 11 is 11.7. The molecular formula is C13H17Cl2NO. The maximum Gasteiger partial charge on any atom is 0.224 e. The molecule has 0 unspecified atom stereocenters. The molecule has 0 fully saturated rings. The van der Waals surface area contributed by atoms with Crippen LogP contribution in [0.25, 0.3) is 0 Å². The molecule has 1 aromatic rings. The van der Waals surface area contributed by atoms with Gasteiger partial charge in [-0.25, -0.2) is 0 Å². The van der Waals surface area contributed by atoms with Gasteiger partial charge in [0.05, 0.1) is 12.0 Å². The molecule has 0 aliphatic carbocycles. The second-order valence-corrected chi connectivity index (χ2v) is 4.65. The van der Waals surface area contributed by atoms with Crippen molar-refractivity contribution >= 4 is 29.1 Å². The van der Waals surface area contributed by atoms with Gasteiger partial charge in [-0.2, -0.15) is 0 Å². The van der Waals surface area contributed by atoms with Gasteiger partial charge in [0.25, 0.3) is 0 Å². The van der Waals surface area contributed by atoms with Gasteiger partial charge in [0, 0.05) is 11.8 Å². The topological polar surface area (TPSA) is 29.1 Å². The molecule has 0 bridgehead atoms. The summed E-state index contributed by atoms with van der Waals surface area (Å²) in [7, 11) is 0. The van der Waals surface area contributed by atoms with E-state index in [1.54, 1.807) is 0 Å². The Bertz CT molecular complexity index is 341. The summed E-state index contributed by atoms with van der Waals surface area (Å²) in [5.74, 6) is 0.612. The molecule has 0 spiro atoms. The van der Waals surface area contributed by atoms with Crippen LogP contribution in [0.4, 0.5) is 0 Å². The first-order valence-electron chi connectivity index (χ1n) is 5.62. The predicted molar refractivity (Wildman–Crippen MR) is 72.8 cm³/mol. The molecule has 1 rings (SSSR count). The zero-order chi connectivity index (χ0) is 12.7. The maximum atomic E-state index is 11.9. The van der Waals surface area contributed by atoms with Crippen molar-refractivity contribution in [2.45, 2.75) is 25.3 Å². The average Bonchev–Trinajstić information content (AvgIpc) is 2.37. The van der Waals surface area contributed by atoms with E-state index in [9.17, 15) is 4.79 Å². The third kappa shape index (κ3) is 4.21. The Hall–Kier alpha value is -0.730. The summed E-state index contributed by atoms with van der Waals surface area (Å²) in [4.78, 5) is 11.9. The van der Waals surface area contributed by atoms with Crippen LogP contribution >= 0.6 is 23.2 Å². The molecule has 94 valence electrons. The van der Waals surface area contributed by atoms with E-state index in [1.807, 2.05) is 37.3 Å². The van der Waals surface area contributed by atoms with Gasteiger partial charge in [0.1, 0.15) is 0 Å². The Kier molecular flexibility index (Phi) is 5.79. The Balaban J connectivity index is 2.60. The highest BCUT2D eigenvalue weighted by Crippen LogP contribution is 2.15. The largest absolute Gasteiger partial charge is 0.348 e. The first-order chi connectivity index (χ1) is 8.15. The number of halogens is 2. The SMILES string of the molecule is CCC(CCl)(CCl)NC(=O)Cc1ccccc1. The van der Waals surface area contributed by atoms with E-state index >= 15 is 0 Å². The number of carbonyl (C=O) groups excluding carboxylic acids is 1. The van der Waals surface area contributed by atoms with Crippen LogP contribution in [0.2, 0.25) is 0 Å². The highest BCUT2D eigenvalue weighted by molar-refractivity contribution is 6.22. The van der Waals surface area contributed by atoms with Crippen LogP contribution in [-0.2, 0) is 11.2 Å². The normalized spacial score (nSPS) is 11.2. The van der Waals surface area contributed by atoms with Gasteiger partial charge in [0.2, 0.25) is 5.91 Å². The van der Waals surface area contributed by atoms with Gasteiger partial charge in [0.15, 0.2) is 0 Å². The summed E-state index contributed by atoms with van der Waals surface area (Å²) < 4.78 is 0. The second-order valence-electron chi connectivity index (χ2n) is 4.11. The average molecular weight is 274 g/mol. The van der Waals surface area contributed by atoms with Crippen molar-refractivity contribution in [1.29, 1.82) is 0 Å². The summed E-state index contributed by atoms with van der Waals surface area (Å²) in [6.07, 6.45) is 1.08. The minimum absolute atomic E-state index is 0.0423. The smallest absolute Gasteiger partial charge is 0.224 e. The molecule has 17 heavy (non-hydrogen) atoms. The quantitative estimate of drug-likeness (QED) is 0.794. The number of alkyl halides is 2. The van der Waals surface area contributed by atoms with E-state index < -0.39 is 5.54 Å². The molecule has 0 aliphatic rings. The molecular weight excluding hydrogens is 257 g/mol. The molecule has 0 aromatic heterocycles. The molecule has 0 heterocycles. The number of hydrogen-bond donors (Lipinski definition) is 1. The number of benzene rings is 1. The van der Waals surface area contributed by atoms with E-state index in [4.69, 9.17) is 23.2 Å². The maximum absolute atomic E-state index is 11.9. The third-order valence-electron chi connectivity index (χ3n) is 2.80. The minimum atomic E-state index is -0.491. The zero-order valence-electron chi connectivity index (χ0n) is 9.88.